The first-order valence-electron chi connectivity index (χ1n) is 6.42. The van der Waals surface area contributed by atoms with Crippen LogP contribution in [0.25, 0.3) is 0 Å². The van der Waals surface area contributed by atoms with Crippen LogP contribution in [0, 0.1) is 0 Å². The van der Waals surface area contributed by atoms with Crippen LogP contribution in [0.4, 0.5) is 5.69 Å². The summed E-state index contributed by atoms with van der Waals surface area (Å²) in [7, 11) is 1.29. The van der Waals surface area contributed by atoms with Crippen molar-refractivity contribution in [1.82, 2.24) is 0 Å². The number of benzene rings is 2. The van der Waals surface area contributed by atoms with Crippen molar-refractivity contribution < 1.29 is 14.3 Å². The second-order valence-electron chi connectivity index (χ2n) is 4.50. The molecule has 2 aromatic carbocycles. The van der Waals surface area contributed by atoms with E-state index in [1.165, 1.54) is 19.2 Å². The number of hydrogen-bond acceptors (Lipinski definition) is 3. The second kappa shape index (κ2) is 7.42. The quantitative estimate of drug-likeness (QED) is 0.811. The molecule has 0 atom stereocenters. The number of nitrogens with one attached hydrogen (secondary N) is 1. The molecule has 4 nitrogen and oxygen atoms in total. The Kier molecular flexibility index (Phi) is 5.57. The van der Waals surface area contributed by atoms with Gasteiger partial charge in [0.2, 0.25) is 5.91 Å². The van der Waals surface area contributed by atoms with Gasteiger partial charge in [0.15, 0.2) is 0 Å². The van der Waals surface area contributed by atoms with Crippen LogP contribution < -0.4 is 5.32 Å². The summed E-state index contributed by atoms with van der Waals surface area (Å²) in [6.07, 6.45) is 0.195. The third-order valence-corrected chi connectivity index (χ3v) is 4.07. The molecule has 0 unspecified atom stereocenters. The Morgan fingerprint density at radius 3 is 2.64 bits per heavy atom. The van der Waals surface area contributed by atoms with E-state index in [0.717, 1.165) is 10.0 Å². The van der Waals surface area contributed by atoms with Crippen molar-refractivity contribution in [2.45, 2.75) is 6.42 Å². The molecule has 0 spiro atoms. The fraction of sp³-hybridized carbons (Fsp3) is 0.125. The number of carbonyl (C=O) groups is 2. The molecule has 0 bridgehead atoms. The number of halogens is 2. The molecule has 0 aliphatic carbocycles. The highest BCUT2D eigenvalue weighted by atomic mass is 79.9. The summed E-state index contributed by atoms with van der Waals surface area (Å²) in [6.45, 7) is 0. The van der Waals surface area contributed by atoms with Crippen LogP contribution in [0.2, 0.25) is 5.02 Å². The van der Waals surface area contributed by atoms with E-state index in [-0.39, 0.29) is 12.3 Å². The lowest BCUT2D eigenvalue weighted by molar-refractivity contribution is -0.115. The van der Waals surface area contributed by atoms with Gasteiger partial charge in [0, 0.05) is 4.47 Å². The van der Waals surface area contributed by atoms with E-state index in [2.05, 4.69) is 26.0 Å². The highest BCUT2D eigenvalue weighted by Gasteiger charge is 2.12. The van der Waals surface area contributed by atoms with E-state index >= 15 is 0 Å². The van der Waals surface area contributed by atoms with Gasteiger partial charge in [0.1, 0.15) is 0 Å². The van der Waals surface area contributed by atoms with Crippen LogP contribution in [-0.4, -0.2) is 19.0 Å². The molecular formula is C16H13BrClNO3. The first-order chi connectivity index (χ1) is 10.5. The van der Waals surface area contributed by atoms with Gasteiger partial charge in [-0.25, -0.2) is 4.79 Å². The Morgan fingerprint density at radius 1 is 1.23 bits per heavy atom. The van der Waals surface area contributed by atoms with Gasteiger partial charge in [-0.2, -0.15) is 0 Å². The molecule has 0 saturated heterocycles. The van der Waals surface area contributed by atoms with Crippen molar-refractivity contribution in [1.29, 1.82) is 0 Å². The SMILES string of the molecule is COC(=O)c1ccc(Cl)c(NC(=O)Cc2ccccc2Br)c1. The molecule has 0 aliphatic heterocycles. The molecule has 0 radical (unpaired) electrons. The Labute approximate surface area is 141 Å². The summed E-state index contributed by atoms with van der Waals surface area (Å²) in [4.78, 5) is 23.6. The largest absolute Gasteiger partial charge is 0.465 e. The summed E-state index contributed by atoms with van der Waals surface area (Å²) in [5, 5.41) is 3.06. The van der Waals surface area contributed by atoms with Gasteiger partial charge >= 0.3 is 5.97 Å². The van der Waals surface area contributed by atoms with Gasteiger partial charge in [-0.1, -0.05) is 45.7 Å². The predicted octanol–water partition coefficient (Wildman–Crippen LogP) is 4.07. The molecule has 0 saturated carbocycles. The first-order valence-corrected chi connectivity index (χ1v) is 7.59. The first kappa shape index (κ1) is 16.5. The standard InChI is InChI=1S/C16H13BrClNO3/c1-22-16(21)11-6-7-13(18)14(8-11)19-15(20)9-10-4-2-3-5-12(10)17/h2-8H,9H2,1H3,(H,19,20). The van der Waals surface area contributed by atoms with Gasteiger partial charge in [0.05, 0.1) is 29.8 Å². The van der Waals surface area contributed by atoms with Crippen LogP contribution >= 0.6 is 27.5 Å². The molecule has 1 N–H and O–H groups in total. The zero-order valence-corrected chi connectivity index (χ0v) is 14.1. The maximum absolute atomic E-state index is 12.1. The molecule has 6 heteroatoms. The van der Waals surface area contributed by atoms with Crippen molar-refractivity contribution in [3.8, 4) is 0 Å². The summed E-state index contributed by atoms with van der Waals surface area (Å²) in [5.41, 5.74) is 1.56. The van der Waals surface area contributed by atoms with E-state index in [0.29, 0.717) is 16.3 Å². The molecule has 0 aliphatic rings. The van der Waals surface area contributed by atoms with Crippen molar-refractivity contribution in [3.63, 3.8) is 0 Å². The monoisotopic (exact) mass is 381 g/mol. The third kappa shape index (κ3) is 4.08. The summed E-state index contributed by atoms with van der Waals surface area (Å²) in [5.74, 6) is -0.714. The molecular weight excluding hydrogens is 370 g/mol. The van der Waals surface area contributed by atoms with Crippen LogP contribution in [0.15, 0.2) is 46.9 Å². The average molecular weight is 383 g/mol. The fourth-order valence-electron chi connectivity index (χ4n) is 1.88. The number of carbonyl (C=O) groups excluding carboxylic acids is 2. The summed E-state index contributed by atoms with van der Waals surface area (Å²) in [6, 6.07) is 12.0. The van der Waals surface area contributed by atoms with E-state index in [1.807, 2.05) is 24.3 Å². The van der Waals surface area contributed by atoms with Crippen LogP contribution in [0.5, 0.6) is 0 Å². The molecule has 2 rings (SSSR count). The van der Waals surface area contributed by atoms with Crippen LogP contribution in [0.3, 0.4) is 0 Å². The molecule has 0 heterocycles. The van der Waals surface area contributed by atoms with E-state index < -0.39 is 5.97 Å². The number of rotatable bonds is 4. The highest BCUT2D eigenvalue weighted by molar-refractivity contribution is 9.10. The lowest BCUT2D eigenvalue weighted by atomic mass is 10.1. The Bertz CT molecular complexity index is 718. The minimum absolute atomic E-state index is 0.195. The van der Waals surface area contributed by atoms with E-state index in [1.54, 1.807) is 6.07 Å². The summed E-state index contributed by atoms with van der Waals surface area (Å²) < 4.78 is 5.51. The Morgan fingerprint density at radius 2 is 1.95 bits per heavy atom. The van der Waals surface area contributed by atoms with Crippen LogP contribution in [0.1, 0.15) is 15.9 Å². The molecule has 0 fully saturated rings. The van der Waals surface area contributed by atoms with Gasteiger partial charge in [-0.3, -0.25) is 4.79 Å². The molecule has 2 aromatic rings. The minimum atomic E-state index is -0.488. The number of ether oxygens (including phenoxy) is 1. The number of hydrogen-bond donors (Lipinski definition) is 1. The second-order valence-corrected chi connectivity index (χ2v) is 5.76. The van der Waals surface area contributed by atoms with Crippen molar-refractivity contribution in [2.24, 2.45) is 0 Å². The maximum atomic E-state index is 12.1. The van der Waals surface area contributed by atoms with Crippen LogP contribution in [-0.2, 0) is 16.0 Å². The minimum Gasteiger partial charge on any atom is -0.465 e. The van der Waals surface area contributed by atoms with E-state index in [4.69, 9.17) is 11.6 Å². The Balaban J connectivity index is 2.14. The lowest BCUT2D eigenvalue weighted by Gasteiger charge is -2.09. The average Bonchev–Trinajstić information content (AvgIpc) is 2.51. The zero-order valence-electron chi connectivity index (χ0n) is 11.7. The van der Waals surface area contributed by atoms with Crippen molar-refractivity contribution in [2.75, 3.05) is 12.4 Å². The van der Waals surface area contributed by atoms with Gasteiger partial charge < -0.3 is 10.1 Å². The number of esters is 1. The number of anilines is 1. The van der Waals surface area contributed by atoms with E-state index in [9.17, 15) is 9.59 Å². The van der Waals surface area contributed by atoms with Gasteiger partial charge in [0.25, 0.3) is 0 Å². The van der Waals surface area contributed by atoms with Crippen molar-refractivity contribution in [3.05, 3.63) is 63.1 Å². The normalized spacial score (nSPS) is 10.1. The van der Waals surface area contributed by atoms with Gasteiger partial charge in [-0.05, 0) is 29.8 Å². The molecule has 1 amide bonds. The smallest absolute Gasteiger partial charge is 0.337 e. The lowest BCUT2D eigenvalue weighted by Crippen LogP contribution is -2.15. The Hall–Kier alpha value is -1.85. The molecule has 0 aromatic heterocycles. The van der Waals surface area contributed by atoms with Gasteiger partial charge in [-0.15, -0.1) is 0 Å². The summed E-state index contributed by atoms with van der Waals surface area (Å²) >= 11 is 9.44. The molecule has 22 heavy (non-hydrogen) atoms. The highest BCUT2D eigenvalue weighted by Crippen LogP contribution is 2.24. The maximum Gasteiger partial charge on any atom is 0.337 e. The third-order valence-electron chi connectivity index (χ3n) is 2.97. The predicted molar refractivity (Wildman–Crippen MR) is 89.3 cm³/mol. The van der Waals surface area contributed by atoms with Crippen molar-refractivity contribution >= 4 is 45.1 Å². The molecule has 114 valence electrons. The topological polar surface area (TPSA) is 55.4 Å². The number of methoxy groups -OCH3 is 1. The fourth-order valence-corrected chi connectivity index (χ4v) is 2.46. The number of amides is 1. The zero-order chi connectivity index (χ0) is 16.1.